The van der Waals surface area contributed by atoms with Crippen LogP contribution in [0.15, 0.2) is 17.5 Å². The van der Waals surface area contributed by atoms with E-state index in [1.165, 1.54) is 11.5 Å². The number of nitrogens with one attached hydrogen (secondary N) is 2. The van der Waals surface area contributed by atoms with Gasteiger partial charge in [0.05, 0.1) is 11.7 Å². The fourth-order valence-electron chi connectivity index (χ4n) is 1.88. The maximum atomic E-state index is 12.1. The third kappa shape index (κ3) is 3.83. The molecule has 22 heavy (non-hydrogen) atoms. The molecule has 2 aromatic rings. The predicted octanol–water partition coefficient (Wildman–Crippen LogP) is 2.59. The molecule has 2 aromatic heterocycles. The molecule has 0 fully saturated rings. The normalized spacial score (nSPS) is 11.8. The first-order chi connectivity index (χ1) is 10.5. The molecule has 2 heterocycles. The standard InChI is InChI=1S/C14H17N3O3S2/c1-8(10-5-4-6-21-10)16-11(18)7-20-14(19)12-9(2)17-22-13(12)15-3/h4-6,8,15H,7H2,1-3H3,(H,16,18). The third-order valence-electron chi connectivity index (χ3n) is 2.98. The van der Waals surface area contributed by atoms with Crippen molar-refractivity contribution in [3.8, 4) is 0 Å². The summed E-state index contributed by atoms with van der Waals surface area (Å²) in [7, 11) is 1.71. The Labute approximate surface area is 136 Å². The van der Waals surface area contributed by atoms with E-state index in [0.717, 1.165) is 4.88 Å². The number of carbonyl (C=O) groups excluding carboxylic acids is 2. The van der Waals surface area contributed by atoms with Gasteiger partial charge in [-0.15, -0.1) is 11.3 Å². The van der Waals surface area contributed by atoms with Crippen molar-refractivity contribution in [2.24, 2.45) is 0 Å². The summed E-state index contributed by atoms with van der Waals surface area (Å²) in [4.78, 5) is 25.0. The van der Waals surface area contributed by atoms with E-state index in [9.17, 15) is 9.59 Å². The number of amides is 1. The first-order valence-electron chi connectivity index (χ1n) is 6.66. The Kier molecular flexibility index (Phi) is 5.51. The van der Waals surface area contributed by atoms with Crippen LogP contribution in [0.25, 0.3) is 0 Å². The zero-order valence-corrected chi connectivity index (χ0v) is 14.1. The molecule has 6 nitrogen and oxygen atoms in total. The molecule has 118 valence electrons. The Balaban J connectivity index is 1.88. The lowest BCUT2D eigenvalue weighted by Gasteiger charge is -2.12. The van der Waals surface area contributed by atoms with E-state index < -0.39 is 5.97 Å². The number of rotatable bonds is 6. The number of aryl methyl sites for hydroxylation is 1. The summed E-state index contributed by atoms with van der Waals surface area (Å²) in [6, 6.07) is 3.76. The summed E-state index contributed by atoms with van der Waals surface area (Å²) in [6.45, 7) is 3.30. The van der Waals surface area contributed by atoms with Crippen LogP contribution in [0, 0.1) is 6.92 Å². The largest absolute Gasteiger partial charge is 0.452 e. The highest BCUT2D eigenvalue weighted by Crippen LogP contribution is 2.24. The number of carbonyl (C=O) groups is 2. The fraction of sp³-hybridized carbons (Fsp3) is 0.357. The van der Waals surface area contributed by atoms with Crippen LogP contribution in [-0.4, -0.2) is 29.9 Å². The van der Waals surface area contributed by atoms with Gasteiger partial charge in [0.25, 0.3) is 5.91 Å². The van der Waals surface area contributed by atoms with Crippen LogP contribution < -0.4 is 10.6 Å². The molecule has 0 saturated heterocycles. The van der Waals surface area contributed by atoms with Crippen molar-refractivity contribution in [3.63, 3.8) is 0 Å². The van der Waals surface area contributed by atoms with Crippen LogP contribution in [-0.2, 0) is 9.53 Å². The van der Waals surface area contributed by atoms with Gasteiger partial charge in [-0.3, -0.25) is 4.79 Å². The van der Waals surface area contributed by atoms with Crippen molar-refractivity contribution < 1.29 is 14.3 Å². The Morgan fingerprint density at radius 3 is 2.86 bits per heavy atom. The van der Waals surface area contributed by atoms with Gasteiger partial charge >= 0.3 is 5.97 Å². The predicted molar refractivity (Wildman–Crippen MR) is 87.6 cm³/mol. The van der Waals surface area contributed by atoms with Crippen molar-refractivity contribution in [1.82, 2.24) is 9.69 Å². The van der Waals surface area contributed by atoms with Gasteiger partial charge in [-0.1, -0.05) is 6.07 Å². The van der Waals surface area contributed by atoms with E-state index >= 15 is 0 Å². The van der Waals surface area contributed by atoms with Gasteiger partial charge in [-0.25, -0.2) is 4.79 Å². The number of nitrogens with zero attached hydrogens (tertiary/aromatic N) is 1. The van der Waals surface area contributed by atoms with Crippen LogP contribution in [0.5, 0.6) is 0 Å². The molecule has 1 unspecified atom stereocenters. The Bertz CT molecular complexity index is 652. The molecule has 0 aliphatic heterocycles. The minimum atomic E-state index is -0.547. The summed E-state index contributed by atoms with van der Waals surface area (Å²) in [5.41, 5.74) is 0.971. The summed E-state index contributed by atoms with van der Waals surface area (Å²) in [5, 5.41) is 8.27. The van der Waals surface area contributed by atoms with Crippen LogP contribution in [0.2, 0.25) is 0 Å². The van der Waals surface area contributed by atoms with Gasteiger partial charge in [0.1, 0.15) is 10.6 Å². The first kappa shape index (κ1) is 16.4. The molecule has 0 aliphatic rings. The lowest BCUT2D eigenvalue weighted by atomic mass is 10.2. The Morgan fingerprint density at radius 2 is 2.23 bits per heavy atom. The molecule has 0 spiro atoms. The van der Waals surface area contributed by atoms with Crippen LogP contribution in [0.1, 0.15) is 33.9 Å². The van der Waals surface area contributed by atoms with E-state index in [0.29, 0.717) is 16.3 Å². The van der Waals surface area contributed by atoms with Crippen LogP contribution in [0.4, 0.5) is 5.00 Å². The number of hydrogen-bond donors (Lipinski definition) is 2. The molecular weight excluding hydrogens is 322 g/mol. The second-order valence-electron chi connectivity index (χ2n) is 4.60. The molecule has 0 aromatic carbocycles. The highest BCUT2D eigenvalue weighted by atomic mass is 32.1. The number of aromatic nitrogens is 1. The molecule has 0 radical (unpaired) electrons. The van der Waals surface area contributed by atoms with E-state index in [2.05, 4.69) is 15.0 Å². The van der Waals surface area contributed by atoms with Gasteiger partial charge in [-0.05, 0) is 36.8 Å². The van der Waals surface area contributed by atoms with Crippen molar-refractivity contribution in [3.05, 3.63) is 33.6 Å². The molecular formula is C14H17N3O3S2. The van der Waals surface area contributed by atoms with Crippen LogP contribution >= 0.6 is 22.9 Å². The van der Waals surface area contributed by atoms with E-state index in [1.807, 2.05) is 24.4 Å². The SMILES string of the molecule is CNc1snc(C)c1C(=O)OCC(=O)NC(C)c1cccs1. The number of ether oxygens (including phenoxy) is 1. The van der Waals surface area contributed by atoms with Crippen molar-refractivity contribution in [1.29, 1.82) is 0 Å². The van der Waals surface area contributed by atoms with Crippen molar-refractivity contribution in [2.75, 3.05) is 19.0 Å². The van der Waals surface area contributed by atoms with Gasteiger partial charge in [-0.2, -0.15) is 4.37 Å². The summed E-state index contributed by atoms with van der Waals surface area (Å²) in [6.07, 6.45) is 0. The average Bonchev–Trinajstić information content (AvgIpc) is 3.13. The van der Waals surface area contributed by atoms with Gasteiger partial charge < -0.3 is 15.4 Å². The third-order valence-corrected chi connectivity index (χ3v) is 4.99. The summed E-state index contributed by atoms with van der Waals surface area (Å²) < 4.78 is 9.17. The highest BCUT2D eigenvalue weighted by molar-refractivity contribution is 7.10. The lowest BCUT2D eigenvalue weighted by Crippen LogP contribution is -2.30. The van der Waals surface area contributed by atoms with Crippen LogP contribution in [0.3, 0.4) is 0 Å². The average molecular weight is 339 g/mol. The maximum Gasteiger partial charge on any atom is 0.343 e. The zero-order valence-electron chi connectivity index (χ0n) is 12.5. The molecule has 0 saturated carbocycles. The van der Waals surface area contributed by atoms with Crippen molar-refractivity contribution >= 4 is 39.7 Å². The van der Waals surface area contributed by atoms with E-state index in [4.69, 9.17) is 4.74 Å². The van der Waals surface area contributed by atoms with E-state index in [-0.39, 0.29) is 18.6 Å². The van der Waals surface area contributed by atoms with E-state index in [1.54, 1.807) is 25.3 Å². The van der Waals surface area contributed by atoms with Crippen molar-refractivity contribution in [2.45, 2.75) is 19.9 Å². The highest BCUT2D eigenvalue weighted by Gasteiger charge is 2.20. The smallest absolute Gasteiger partial charge is 0.343 e. The number of anilines is 1. The molecule has 0 aliphatic carbocycles. The fourth-order valence-corrected chi connectivity index (χ4v) is 3.34. The molecule has 2 N–H and O–H groups in total. The summed E-state index contributed by atoms with van der Waals surface area (Å²) in [5.74, 6) is -0.879. The molecule has 1 amide bonds. The monoisotopic (exact) mass is 339 g/mol. The Morgan fingerprint density at radius 1 is 1.45 bits per heavy atom. The molecule has 1 atom stereocenters. The topological polar surface area (TPSA) is 80.3 Å². The Hall–Kier alpha value is -1.93. The minimum Gasteiger partial charge on any atom is -0.452 e. The second-order valence-corrected chi connectivity index (χ2v) is 6.36. The van der Waals surface area contributed by atoms with Gasteiger partial charge in [0.2, 0.25) is 0 Å². The maximum absolute atomic E-state index is 12.1. The minimum absolute atomic E-state index is 0.108. The molecule has 8 heteroatoms. The quantitative estimate of drug-likeness (QED) is 0.791. The number of hydrogen-bond acceptors (Lipinski definition) is 7. The first-order valence-corrected chi connectivity index (χ1v) is 8.32. The summed E-state index contributed by atoms with van der Waals surface area (Å²) >= 11 is 2.75. The molecule has 2 rings (SSSR count). The lowest BCUT2D eigenvalue weighted by molar-refractivity contribution is -0.124. The number of esters is 1. The second kappa shape index (κ2) is 7.37. The molecule has 0 bridgehead atoms. The van der Waals surface area contributed by atoms with Gasteiger partial charge in [0.15, 0.2) is 6.61 Å². The van der Waals surface area contributed by atoms with Gasteiger partial charge in [0, 0.05) is 11.9 Å². The number of thiophene rings is 1. The zero-order chi connectivity index (χ0) is 16.1.